The normalized spacial score (nSPS) is 13.9. The number of fused-ring (bicyclic) bond motifs is 1. The van der Waals surface area contributed by atoms with Crippen molar-refractivity contribution in [2.24, 2.45) is 7.05 Å². The summed E-state index contributed by atoms with van der Waals surface area (Å²) in [6.45, 7) is 0.492. The van der Waals surface area contributed by atoms with Gasteiger partial charge in [-0.25, -0.2) is 15.0 Å². The van der Waals surface area contributed by atoms with Crippen LogP contribution in [0.4, 0.5) is 11.6 Å². The molecule has 178 valence electrons. The van der Waals surface area contributed by atoms with Crippen LogP contribution in [0.25, 0.3) is 33.5 Å². The molecule has 4 aromatic rings. The van der Waals surface area contributed by atoms with E-state index in [1.54, 1.807) is 34.3 Å². The van der Waals surface area contributed by atoms with E-state index in [-0.39, 0.29) is 24.1 Å². The first-order valence-corrected chi connectivity index (χ1v) is 11.5. The van der Waals surface area contributed by atoms with Gasteiger partial charge in [0.2, 0.25) is 11.8 Å². The maximum atomic E-state index is 12.7. The number of pyridine rings is 1. The third-order valence-electron chi connectivity index (χ3n) is 5.82. The van der Waals surface area contributed by atoms with E-state index in [4.69, 9.17) is 17.3 Å². The van der Waals surface area contributed by atoms with Gasteiger partial charge in [0.15, 0.2) is 11.6 Å². The number of benzene rings is 1. The number of likely N-dealkylation sites (tertiary alicyclic amines) is 1. The maximum Gasteiger partial charge on any atom is 0.245 e. The average molecular weight is 491 g/mol. The van der Waals surface area contributed by atoms with E-state index in [2.05, 4.69) is 25.3 Å². The Balaban J connectivity index is 1.56. The smallest absolute Gasteiger partial charge is 0.245 e. The van der Waals surface area contributed by atoms with Crippen LogP contribution in [-0.4, -0.2) is 54.3 Å². The lowest BCUT2D eigenvalue weighted by atomic mass is 10.0. The van der Waals surface area contributed by atoms with Crippen molar-refractivity contribution in [3.63, 3.8) is 0 Å². The first kappa shape index (κ1) is 22.7. The summed E-state index contributed by atoms with van der Waals surface area (Å²) < 4.78 is 1.79. The fourth-order valence-corrected chi connectivity index (χ4v) is 4.39. The zero-order chi connectivity index (χ0) is 24.5. The minimum Gasteiger partial charge on any atom is -0.381 e. The SMILES string of the molecule is Cn1cnc(-c2nc(N)c(NC(=O)CN3CCCCC3=O)nc2-c2cc(Cl)c3ncccc3c2)c1. The molecule has 0 spiro atoms. The van der Waals surface area contributed by atoms with E-state index in [0.717, 1.165) is 18.2 Å². The number of aryl methyl sites for hydroxylation is 1. The fraction of sp³-hybridized carbons (Fsp3) is 0.250. The zero-order valence-corrected chi connectivity index (χ0v) is 19.8. The lowest BCUT2D eigenvalue weighted by molar-refractivity contribution is -0.136. The fourth-order valence-electron chi connectivity index (χ4n) is 4.11. The minimum absolute atomic E-state index is 0.0314. The van der Waals surface area contributed by atoms with Crippen molar-refractivity contribution in [2.45, 2.75) is 19.3 Å². The number of amides is 2. The Morgan fingerprint density at radius 1 is 1.20 bits per heavy atom. The molecule has 0 bridgehead atoms. The van der Waals surface area contributed by atoms with Gasteiger partial charge in [-0.05, 0) is 31.0 Å². The quantitative estimate of drug-likeness (QED) is 0.438. The Kier molecular flexibility index (Phi) is 6.04. The number of nitrogen functional groups attached to an aromatic ring is 1. The van der Waals surface area contributed by atoms with Crippen LogP contribution >= 0.6 is 11.6 Å². The topological polar surface area (TPSA) is 132 Å². The van der Waals surface area contributed by atoms with Gasteiger partial charge in [0.05, 0.1) is 23.4 Å². The maximum absolute atomic E-state index is 12.7. The van der Waals surface area contributed by atoms with Crippen molar-refractivity contribution in [1.82, 2.24) is 29.4 Å². The number of nitrogens with one attached hydrogen (secondary N) is 1. The summed E-state index contributed by atoms with van der Waals surface area (Å²) in [6, 6.07) is 7.38. The van der Waals surface area contributed by atoms with Gasteiger partial charge in [-0.1, -0.05) is 17.7 Å². The van der Waals surface area contributed by atoms with Gasteiger partial charge >= 0.3 is 0 Å². The van der Waals surface area contributed by atoms with Crippen LogP contribution < -0.4 is 11.1 Å². The van der Waals surface area contributed by atoms with Gasteiger partial charge in [-0.3, -0.25) is 14.6 Å². The largest absolute Gasteiger partial charge is 0.381 e. The van der Waals surface area contributed by atoms with Crippen molar-refractivity contribution >= 4 is 46.0 Å². The van der Waals surface area contributed by atoms with Crippen LogP contribution in [-0.2, 0) is 16.6 Å². The highest BCUT2D eigenvalue weighted by atomic mass is 35.5. The molecule has 3 N–H and O–H groups in total. The number of hydrogen-bond donors (Lipinski definition) is 2. The molecule has 1 aliphatic rings. The molecular formula is C24H23ClN8O2. The molecule has 5 rings (SSSR count). The molecule has 0 radical (unpaired) electrons. The van der Waals surface area contributed by atoms with E-state index in [9.17, 15) is 9.59 Å². The molecule has 0 saturated carbocycles. The number of nitrogens with two attached hydrogens (primary N) is 1. The predicted octanol–water partition coefficient (Wildman–Crippen LogP) is 3.28. The van der Waals surface area contributed by atoms with Crippen LogP contribution in [0, 0.1) is 0 Å². The summed E-state index contributed by atoms with van der Waals surface area (Å²) >= 11 is 6.53. The standard InChI is InChI=1S/C24H23ClN8O2/c1-32-11-17(28-13-32)22-21(15-9-14-5-4-7-27-20(14)16(25)10-15)31-24(23(26)30-22)29-18(34)12-33-8-3-2-6-19(33)35/h4-5,7,9-11,13H,2-3,6,8,12H2,1H3,(H2,26,30)(H,29,31,34). The second-order valence-corrected chi connectivity index (χ2v) is 8.84. The molecular weight excluding hydrogens is 468 g/mol. The van der Waals surface area contributed by atoms with E-state index in [0.29, 0.717) is 46.2 Å². The first-order valence-electron chi connectivity index (χ1n) is 11.2. The Hall–Kier alpha value is -4.05. The van der Waals surface area contributed by atoms with Crippen LogP contribution in [0.3, 0.4) is 0 Å². The monoisotopic (exact) mass is 490 g/mol. The number of halogens is 1. The molecule has 2 amide bonds. The number of nitrogens with zero attached hydrogens (tertiary/aromatic N) is 6. The summed E-state index contributed by atoms with van der Waals surface area (Å²) in [5, 5.41) is 4.01. The van der Waals surface area contributed by atoms with Crippen molar-refractivity contribution in [2.75, 3.05) is 24.1 Å². The van der Waals surface area contributed by atoms with Crippen molar-refractivity contribution in [3.05, 3.63) is 48.0 Å². The summed E-state index contributed by atoms with van der Waals surface area (Å²) in [5.41, 5.74) is 9.02. The second kappa shape index (κ2) is 9.30. The molecule has 35 heavy (non-hydrogen) atoms. The second-order valence-electron chi connectivity index (χ2n) is 8.43. The number of anilines is 2. The van der Waals surface area contributed by atoms with Gasteiger partial charge in [-0.15, -0.1) is 0 Å². The van der Waals surface area contributed by atoms with Crippen molar-refractivity contribution < 1.29 is 9.59 Å². The number of aromatic nitrogens is 5. The molecule has 3 aromatic heterocycles. The number of hydrogen-bond acceptors (Lipinski definition) is 7. The molecule has 0 aliphatic carbocycles. The van der Waals surface area contributed by atoms with Crippen LogP contribution in [0.5, 0.6) is 0 Å². The van der Waals surface area contributed by atoms with E-state index < -0.39 is 5.91 Å². The lowest BCUT2D eigenvalue weighted by Gasteiger charge is -2.26. The highest BCUT2D eigenvalue weighted by Gasteiger charge is 2.23. The minimum atomic E-state index is -0.390. The van der Waals surface area contributed by atoms with E-state index in [1.165, 1.54) is 0 Å². The zero-order valence-electron chi connectivity index (χ0n) is 19.0. The van der Waals surface area contributed by atoms with Crippen molar-refractivity contribution in [1.29, 1.82) is 0 Å². The molecule has 11 heteroatoms. The van der Waals surface area contributed by atoms with Gasteiger partial charge in [0.25, 0.3) is 0 Å². The van der Waals surface area contributed by atoms with Crippen LogP contribution in [0.15, 0.2) is 43.0 Å². The Bertz CT molecular complexity index is 1450. The highest BCUT2D eigenvalue weighted by molar-refractivity contribution is 6.35. The van der Waals surface area contributed by atoms with Gasteiger partial charge in [0, 0.05) is 43.4 Å². The number of imidazole rings is 1. The average Bonchev–Trinajstić information content (AvgIpc) is 3.27. The third-order valence-corrected chi connectivity index (χ3v) is 6.10. The summed E-state index contributed by atoms with van der Waals surface area (Å²) in [6.07, 6.45) is 7.31. The first-order chi connectivity index (χ1) is 16.9. The lowest BCUT2D eigenvalue weighted by Crippen LogP contribution is -2.41. The van der Waals surface area contributed by atoms with Gasteiger partial charge < -0.3 is 20.5 Å². The molecule has 4 heterocycles. The molecule has 0 atom stereocenters. The highest BCUT2D eigenvalue weighted by Crippen LogP contribution is 2.35. The van der Waals surface area contributed by atoms with Crippen LogP contribution in [0.2, 0.25) is 5.02 Å². The summed E-state index contributed by atoms with van der Waals surface area (Å²) in [5.74, 6) is -0.271. The third kappa shape index (κ3) is 4.65. The van der Waals surface area contributed by atoms with E-state index >= 15 is 0 Å². The Morgan fingerprint density at radius 3 is 2.83 bits per heavy atom. The van der Waals surface area contributed by atoms with Crippen LogP contribution in [0.1, 0.15) is 19.3 Å². The summed E-state index contributed by atoms with van der Waals surface area (Å²) in [7, 11) is 1.85. The van der Waals surface area contributed by atoms with Gasteiger partial charge in [0.1, 0.15) is 17.1 Å². The number of rotatable bonds is 5. The number of piperidine rings is 1. The Morgan fingerprint density at radius 2 is 2.06 bits per heavy atom. The molecule has 0 unspecified atom stereocenters. The Labute approximate surface area is 206 Å². The molecule has 1 fully saturated rings. The predicted molar refractivity (Wildman–Crippen MR) is 133 cm³/mol. The number of carbonyl (C=O) groups excluding carboxylic acids is 2. The van der Waals surface area contributed by atoms with Crippen molar-refractivity contribution in [3.8, 4) is 22.6 Å². The van der Waals surface area contributed by atoms with Gasteiger partial charge in [-0.2, -0.15) is 0 Å². The molecule has 1 aliphatic heterocycles. The van der Waals surface area contributed by atoms with E-state index in [1.807, 2.05) is 25.2 Å². The molecule has 10 nitrogen and oxygen atoms in total. The summed E-state index contributed by atoms with van der Waals surface area (Å²) in [4.78, 5) is 44.3. The molecule has 1 aromatic carbocycles. The number of carbonyl (C=O) groups is 2. The molecule has 1 saturated heterocycles.